The summed E-state index contributed by atoms with van der Waals surface area (Å²) in [6.45, 7) is 1.33. The second-order valence-corrected chi connectivity index (χ2v) is 8.10. The summed E-state index contributed by atoms with van der Waals surface area (Å²) >= 11 is 1.50. The van der Waals surface area contributed by atoms with E-state index in [0.29, 0.717) is 23.8 Å². The molecule has 1 saturated heterocycles. The number of benzene rings is 1. The molecule has 1 N–H and O–H groups in total. The zero-order valence-electron chi connectivity index (χ0n) is 13.5. The Morgan fingerprint density at radius 3 is 2.96 bits per heavy atom. The summed E-state index contributed by atoms with van der Waals surface area (Å²) in [5.74, 6) is 0.949. The molecule has 2 atom stereocenters. The van der Waals surface area contributed by atoms with Gasteiger partial charge in [-0.05, 0) is 36.8 Å². The summed E-state index contributed by atoms with van der Waals surface area (Å²) in [5.41, 5.74) is 0.860. The van der Waals surface area contributed by atoms with Gasteiger partial charge in [-0.15, -0.1) is 11.8 Å². The quantitative estimate of drug-likeness (QED) is 0.910. The Hall–Kier alpha value is -1.56. The average molecular weight is 348 g/mol. The molecule has 128 valence electrons. The van der Waals surface area contributed by atoms with Crippen molar-refractivity contribution in [3.05, 3.63) is 29.6 Å². The molecule has 1 aromatic rings. The van der Waals surface area contributed by atoms with Gasteiger partial charge in [-0.25, -0.2) is 4.39 Å². The number of halogens is 1. The predicted molar refractivity (Wildman–Crippen MR) is 90.0 cm³/mol. The number of nitrogens with zero attached hydrogens (tertiary/aromatic N) is 1. The summed E-state index contributed by atoms with van der Waals surface area (Å²) in [6.07, 6.45) is 3.49. The molecule has 3 aliphatic rings. The first-order chi connectivity index (χ1) is 11.6. The third kappa shape index (κ3) is 3.16. The highest BCUT2D eigenvalue weighted by molar-refractivity contribution is 7.99. The first kappa shape index (κ1) is 15.9. The van der Waals surface area contributed by atoms with Crippen LogP contribution in [-0.2, 0) is 9.59 Å². The molecule has 1 saturated carbocycles. The number of amides is 2. The van der Waals surface area contributed by atoms with Crippen LogP contribution < -0.4 is 5.32 Å². The zero-order chi connectivity index (χ0) is 16.7. The molecule has 4 nitrogen and oxygen atoms in total. The molecule has 2 heterocycles. The minimum Gasteiger partial charge on any atom is -0.349 e. The number of hydrogen-bond acceptors (Lipinski definition) is 3. The summed E-state index contributed by atoms with van der Waals surface area (Å²) in [5, 5.41) is 3.06. The van der Waals surface area contributed by atoms with Crippen LogP contribution in [0.2, 0.25) is 0 Å². The Balaban J connectivity index is 1.42. The van der Waals surface area contributed by atoms with Crippen LogP contribution in [0.5, 0.6) is 0 Å². The van der Waals surface area contributed by atoms with Gasteiger partial charge >= 0.3 is 0 Å². The number of thioether (sulfide) groups is 1. The number of rotatable bonds is 4. The summed E-state index contributed by atoms with van der Waals surface area (Å²) in [6, 6.07) is 4.88. The fourth-order valence-corrected chi connectivity index (χ4v) is 4.70. The van der Waals surface area contributed by atoms with Gasteiger partial charge in [0, 0.05) is 30.2 Å². The van der Waals surface area contributed by atoms with Crippen molar-refractivity contribution in [1.82, 2.24) is 10.2 Å². The van der Waals surface area contributed by atoms with Crippen LogP contribution in [0.4, 0.5) is 4.39 Å². The highest BCUT2D eigenvalue weighted by atomic mass is 32.2. The maximum absolute atomic E-state index is 13.9. The minimum atomic E-state index is -0.275. The van der Waals surface area contributed by atoms with Gasteiger partial charge in [-0.1, -0.05) is 12.1 Å². The van der Waals surface area contributed by atoms with Crippen LogP contribution in [0, 0.1) is 17.7 Å². The van der Waals surface area contributed by atoms with Gasteiger partial charge in [0.2, 0.25) is 11.8 Å². The van der Waals surface area contributed by atoms with Gasteiger partial charge in [0.1, 0.15) is 5.82 Å². The largest absolute Gasteiger partial charge is 0.349 e. The van der Waals surface area contributed by atoms with Crippen molar-refractivity contribution < 1.29 is 14.0 Å². The number of fused-ring (bicyclic) bond motifs is 1. The molecule has 0 spiro atoms. The van der Waals surface area contributed by atoms with Crippen molar-refractivity contribution in [2.24, 2.45) is 11.8 Å². The molecular formula is C18H21FN2O2S. The van der Waals surface area contributed by atoms with E-state index < -0.39 is 0 Å². The molecule has 2 amide bonds. The van der Waals surface area contributed by atoms with Crippen molar-refractivity contribution in [3.63, 3.8) is 0 Å². The van der Waals surface area contributed by atoms with E-state index in [9.17, 15) is 14.0 Å². The van der Waals surface area contributed by atoms with E-state index in [2.05, 4.69) is 5.32 Å². The van der Waals surface area contributed by atoms with Crippen molar-refractivity contribution >= 4 is 23.6 Å². The van der Waals surface area contributed by atoms with E-state index >= 15 is 0 Å². The fourth-order valence-electron chi connectivity index (χ4n) is 3.56. The van der Waals surface area contributed by atoms with E-state index in [0.717, 1.165) is 24.3 Å². The molecule has 6 heteroatoms. The van der Waals surface area contributed by atoms with E-state index in [1.54, 1.807) is 6.07 Å². The lowest BCUT2D eigenvalue weighted by atomic mass is 10.0. The molecule has 2 fully saturated rings. The zero-order valence-corrected chi connectivity index (χ0v) is 14.3. The fraction of sp³-hybridized carbons (Fsp3) is 0.556. The van der Waals surface area contributed by atoms with Crippen molar-refractivity contribution in [1.29, 1.82) is 0 Å². The molecule has 0 radical (unpaired) electrons. The molecule has 1 aromatic carbocycles. The monoisotopic (exact) mass is 348 g/mol. The highest BCUT2D eigenvalue weighted by Gasteiger charge is 2.38. The van der Waals surface area contributed by atoms with E-state index in [1.165, 1.54) is 30.7 Å². The van der Waals surface area contributed by atoms with Crippen LogP contribution in [0.3, 0.4) is 0 Å². The van der Waals surface area contributed by atoms with Gasteiger partial charge in [0.05, 0.1) is 12.0 Å². The van der Waals surface area contributed by atoms with Crippen LogP contribution in [-0.4, -0.2) is 35.6 Å². The molecule has 1 aliphatic carbocycles. The molecule has 2 aliphatic heterocycles. The van der Waals surface area contributed by atoms with Gasteiger partial charge in [0.25, 0.3) is 0 Å². The Labute approximate surface area is 145 Å². The topological polar surface area (TPSA) is 49.4 Å². The van der Waals surface area contributed by atoms with Crippen LogP contribution >= 0.6 is 11.8 Å². The molecule has 0 aromatic heterocycles. The van der Waals surface area contributed by atoms with Crippen molar-refractivity contribution in [3.8, 4) is 0 Å². The number of carbonyl (C=O) groups is 2. The smallest absolute Gasteiger partial charge is 0.225 e. The normalized spacial score (nSPS) is 26.4. The lowest BCUT2D eigenvalue weighted by Crippen LogP contribution is -2.37. The Kier molecular flexibility index (Phi) is 4.24. The maximum Gasteiger partial charge on any atom is 0.225 e. The Morgan fingerprint density at radius 2 is 2.17 bits per heavy atom. The Morgan fingerprint density at radius 1 is 1.33 bits per heavy atom. The lowest BCUT2D eigenvalue weighted by molar-refractivity contribution is -0.129. The number of hydrogen-bond donors (Lipinski definition) is 1. The average Bonchev–Trinajstić information content (AvgIpc) is 3.31. The van der Waals surface area contributed by atoms with E-state index in [4.69, 9.17) is 0 Å². The summed E-state index contributed by atoms with van der Waals surface area (Å²) in [4.78, 5) is 27.2. The summed E-state index contributed by atoms with van der Waals surface area (Å²) in [7, 11) is 0. The van der Waals surface area contributed by atoms with Gasteiger partial charge in [0.15, 0.2) is 0 Å². The van der Waals surface area contributed by atoms with Crippen LogP contribution in [0.1, 0.15) is 37.3 Å². The lowest BCUT2D eigenvalue weighted by Gasteiger charge is -2.27. The van der Waals surface area contributed by atoms with Gasteiger partial charge in [-0.3, -0.25) is 9.59 Å². The van der Waals surface area contributed by atoms with Crippen LogP contribution in [0.15, 0.2) is 23.1 Å². The standard InChI is InChI=1S/C18H21FN2O2S/c19-14-3-1-2-13-15(6-7-24-17(13)14)20-18(23)12-8-16(22)21(10-12)9-11-4-5-11/h1-3,11-12,15H,4-10H2,(H,20,23)/t12-,15-/m1/s1. The van der Waals surface area contributed by atoms with Crippen LogP contribution in [0.25, 0.3) is 0 Å². The first-order valence-corrected chi connectivity index (χ1v) is 9.59. The third-order valence-corrected chi connectivity index (χ3v) is 6.26. The van der Waals surface area contributed by atoms with E-state index in [1.807, 2.05) is 11.0 Å². The maximum atomic E-state index is 13.9. The number of carbonyl (C=O) groups excluding carboxylic acids is 2. The third-order valence-electron chi connectivity index (χ3n) is 5.10. The van der Waals surface area contributed by atoms with Crippen molar-refractivity contribution in [2.75, 3.05) is 18.8 Å². The van der Waals surface area contributed by atoms with Gasteiger partial charge in [-0.2, -0.15) is 0 Å². The van der Waals surface area contributed by atoms with E-state index in [-0.39, 0.29) is 29.6 Å². The number of likely N-dealkylation sites (tertiary alicyclic amines) is 1. The molecule has 0 unspecified atom stereocenters. The van der Waals surface area contributed by atoms with Crippen molar-refractivity contribution in [2.45, 2.75) is 36.6 Å². The summed E-state index contributed by atoms with van der Waals surface area (Å²) < 4.78 is 13.9. The molecule has 4 rings (SSSR count). The van der Waals surface area contributed by atoms with Gasteiger partial charge < -0.3 is 10.2 Å². The highest BCUT2D eigenvalue weighted by Crippen LogP contribution is 2.38. The predicted octanol–water partition coefficient (Wildman–Crippen LogP) is 2.74. The number of nitrogens with one attached hydrogen (secondary N) is 1. The minimum absolute atomic E-state index is 0.0752. The first-order valence-electron chi connectivity index (χ1n) is 8.61. The molecule has 24 heavy (non-hydrogen) atoms. The Bertz CT molecular complexity index is 677. The SMILES string of the molecule is O=C(N[C@@H]1CCSc2c(F)cccc21)[C@@H]1CC(=O)N(CC2CC2)C1. The molecular weight excluding hydrogens is 327 g/mol. The second kappa shape index (κ2) is 6.39. The molecule has 0 bridgehead atoms. The second-order valence-electron chi connectivity index (χ2n) is 7.00.